The van der Waals surface area contributed by atoms with E-state index in [1.807, 2.05) is 80.6 Å². The maximum atomic E-state index is 13.3. The molecular formula is C27H25ClN2O3. The molecule has 5 rings (SSSR count). The second kappa shape index (κ2) is 8.83. The summed E-state index contributed by atoms with van der Waals surface area (Å²) in [6, 6.07) is 20.9. The predicted molar refractivity (Wildman–Crippen MR) is 130 cm³/mol. The number of carbonyl (C=O) groups excluding carboxylic acids is 1. The maximum Gasteiger partial charge on any atom is 0.416 e. The third-order valence-electron chi connectivity index (χ3n) is 6.06. The van der Waals surface area contributed by atoms with Crippen molar-refractivity contribution in [3.63, 3.8) is 0 Å². The topological polar surface area (TPSA) is 54.6 Å². The molecule has 0 unspecified atom stereocenters. The number of fused-ring (bicyclic) bond motifs is 3. The van der Waals surface area contributed by atoms with Gasteiger partial charge in [-0.1, -0.05) is 41.4 Å². The zero-order chi connectivity index (χ0) is 22.9. The van der Waals surface area contributed by atoms with Crippen LogP contribution < -0.4 is 9.47 Å². The van der Waals surface area contributed by atoms with Crippen LogP contribution in [0.25, 0.3) is 10.9 Å². The number of nitrogens with zero attached hydrogens (tertiary/aromatic N) is 1. The summed E-state index contributed by atoms with van der Waals surface area (Å²) in [4.78, 5) is 18.7. The Balaban J connectivity index is 1.56. The van der Waals surface area contributed by atoms with Gasteiger partial charge in [-0.25, -0.2) is 4.79 Å². The fraction of sp³-hybridized carbons (Fsp3) is 0.222. The van der Waals surface area contributed by atoms with E-state index in [9.17, 15) is 4.79 Å². The van der Waals surface area contributed by atoms with Crippen molar-refractivity contribution in [2.45, 2.75) is 26.3 Å². The van der Waals surface area contributed by atoms with Gasteiger partial charge in [0.05, 0.1) is 6.61 Å². The molecule has 0 bridgehead atoms. The Morgan fingerprint density at radius 2 is 1.79 bits per heavy atom. The van der Waals surface area contributed by atoms with Crippen LogP contribution in [0, 0.1) is 6.92 Å². The molecule has 3 aromatic carbocycles. The second-order valence-electron chi connectivity index (χ2n) is 8.24. The number of halogens is 1. The number of H-pyrrole nitrogens is 1. The highest BCUT2D eigenvalue weighted by Crippen LogP contribution is 2.40. The third kappa shape index (κ3) is 4.16. The van der Waals surface area contributed by atoms with Gasteiger partial charge < -0.3 is 14.5 Å². The average Bonchev–Trinajstić information content (AvgIpc) is 3.18. The van der Waals surface area contributed by atoms with Crippen molar-refractivity contribution in [1.82, 2.24) is 9.88 Å². The number of aryl methyl sites for hydroxylation is 1. The first kappa shape index (κ1) is 21.4. The first-order valence-electron chi connectivity index (χ1n) is 11.1. The zero-order valence-electron chi connectivity index (χ0n) is 18.6. The molecular weight excluding hydrogens is 436 g/mol. The summed E-state index contributed by atoms with van der Waals surface area (Å²) in [5, 5.41) is 1.79. The monoisotopic (exact) mass is 460 g/mol. The lowest BCUT2D eigenvalue weighted by Gasteiger charge is -2.35. The van der Waals surface area contributed by atoms with E-state index in [4.69, 9.17) is 21.1 Å². The molecule has 0 aliphatic carbocycles. The number of nitrogens with one attached hydrogen (secondary N) is 1. The highest BCUT2D eigenvalue weighted by Gasteiger charge is 2.35. The van der Waals surface area contributed by atoms with Gasteiger partial charge in [0.2, 0.25) is 0 Å². The highest BCUT2D eigenvalue weighted by molar-refractivity contribution is 6.31. The highest BCUT2D eigenvalue weighted by atomic mass is 35.5. The smallest absolute Gasteiger partial charge is 0.416 e. The molecule has 0 saturated carbocycles. The fourth-order valence-corrected chi connectivity index (χ4v) is 4.65. The number of hydrogen-bond acceptors (Lipinski definition) is 3. The second-order valence-corrected chi connectivity index (χ2v) is 8.67. The number of amides is 1. The summed E-state index contributed by atoms with van der Waals surface area (Å²) in [6.45, 7) is 5.10. The molecule has 1 aromatic heterocycles. The Kier molecular flexibility index (Phi) is 5.73. The zero-order valence-corrected chi connectivity index (χ0v) is 19.4. The number of ether oxygens (including phenoxy) is 2. The van der Waals surface area contributed by atoms with Crippen molar-refractivity contribution in [1.29, 1.82) is 0 Å². The summed E-state index contributed by atoms with van der Waals surface area (Å²) >= 11 is 6.29. The minimum absolute atomic E-state index is 0.312. The lowest BCUT2D eigenvalue weighted by Crippen LogP contribution is -2.42. The van der Waals surface area contributed by atoms with Crippen LogP contribution in [0.3, 0.4) is 0 Å². The van der Waals surface area contributed by atoms with Crippen molar-refractivity contribution in [3.05, 3.63) is 94.1 Å². The molecule has 1 atom stereocenters. The van der Waals surface area contributed by atoms with Crippen LogP contribution in [-0.2, 0) is 6.42 Å². The Morgan fingerprint density at radius 1 is 1.06 bits per heavy atom. The van der Waals surface area contributed by atoms with Crippen LogP contribution >= 0.6 is 11.6 Å². The molecule has 2 heterocycles. The molecule has 5 nitrogen and oxygen atoms in total. The first-order chi connectivity index (χ1) is 16.0. The van der Waals surface area contributed by atoms with Gasteiger partial charge in [0, 0.05) is 28.2 Å². The van der Waals surface area contributed by atoms with Gasteiger partial charge in [0.15, 0.2) is 0 Å². The molecule has 0 saturated heterocycles. The number of hydrogen-bond donors (Lipinski definition) is 1. The van der Waals surface area contributed by atoms with Gasteiger partial charge in [-0.05, 0) is 73.9 Å². The van der Waals surface area contributed by atoms with Crippen LogP contribution in [-0.4, -0.2) is 29.1 Å². The Labute approximate surface area is 197 Å². The van der Waals surface area contributed by atoms with E-state index in [2.05, 4.69) is 4.98 Å². The lowest BCUT2D eigenvalue weighted by atomic mass is 9.92. The standard InChI is InChI=1S/C27H25ClN2O3/c1-3-32-20-11-6-18(7-12-20)26-25-22(23-16-19(28)8-13-24(23)29-25)14-15-30(26)27(31)33-21-9-4-17(2)5-10-21/h4-13,16,26,29H,3,14-15H2,1-2H3/t26-/m0/s1. The van der Waals surface area contributed by atoms with Crippen LogP contribution in [0.1, 0.15) is 35.3 Å². The minimum atomic E-state index is -0.375. The van der Waals surface area contributed by atoms with Gasteiger partial charge in [0.1, 0.15) is 17.5 Å². The van der Waals surface area contributed by atoms with E-state index in [-0.39, 0.29) is 12.1 Å². The maximum absolute atomic E-state index is 13.3. The van der Waals surface area contributed by atoms with Crippen molar-refractivity contribution in [3.8, 4) is 11.5 Å². The molecule has 1 amide bonds. The summed E-state index contributed by atoms with van der Waals surface area (Å²) in [5.74, 6) is 1.33. The van der Waals surface area contributed by atoms with E-state index in [0.29, 0.717) is 30.3 Å². The number of aromatic nitrogens is 1. The SMILES string of the molecule is CCOc1ccc([C@H]2c3[nH]c4ccc(Cl)cc4c3CCN2C(=O)Oc2ccc(C)cc2)cc1. The molecule has 0 spiro atoms. The molecule has 1 aliphatic rings. The van der Waals surface area contributed by atoms with Crippen molar-refractivity contribution < 1.29 is 14.3 Å². The van der Waals surface area contributed by atoms with Gasteiger partial charge in [-0.3, -0.25) is 4.90 Å². The normalized spacial score (nSPS) is 15.4. The molecule has 0 fully saturated rings. The Bertz CT molecular complexity index is 1300. The summed E-state index contributed by atoms with van der Waals surface area (Å²) < 4.78 is 11.4. The van der Waals surface area contributed by atoms with Gasteiger partial charge in [0.25, 0.3) is 0 Å². The van der Waals surface area contributed by atoms with Crippen LogP contribution in [0.15, 0.2) is 66.7 Å². The van der Waals surface area contributed by atoms with Crippen LogP contribution in [0.5, 0.6) is 11.5 Å². The first-order valence-corrected chi connectivity index (χ1v) is 11.5. The van der Waals surface area contributed by atoms with Gasteiger partial charge >= 0.3 is 6.09 Å². The Morgan fingerprint density at radius 3 is 2.52 bits per heavy atom. The number of aromatic amines is 1. The van der Waals surface area contributed by atoms with Crippen LogP contribution in [0.4, 0.5) is 4.79 Å². The fourth-order valence-electron chi connectivity index (χ4n) is 4.48. The van der Waals surface area contributed by atoms with E-state index in [1.165, 1.54) is 5.56 Å². The third-order valence-corrected chi connectivity index (χ3v) is 6.29. The molecule has 168 valence electrons. The van der Waals surface area contributed by atoms with Crippen LogP contribution in [0.2, 0.25) is 5.02 Å². The summed E-state index contributed by atoms with van der Waals surface area (Å²) in [7, 11) is 0. The molecule has 0 radical (unpaired) electrons. The van der Waals surface area contributed by atoms with E-state index in [0.717, 1.165) is 33.5 Å². The molecule has 1 aliphatic heterocycles. The van der Waals surface area contributed by atoms with Gasteiger partial charge in [-0.15, -0.1) is 0 Å². The van der Waals surface area contributed by atoms with Crippen molar-refractivity contribution in [2.24, 2.45) is 0 Å². The molecule has 4 aromatic rings. The van der Waals surface area contributed by atoms with E-state index in [1.54, 1.807) is 4.90 Å². The van der Waals surface area contributed by atoms with Gasteiger partial charge in [-0.2, -0.15) is 0 Å². The lowest BCUT2D eigenvalue weighted by molar-refractivity contribution is 0.135. The van der Waals surface area contributed by atoms with Crippen molar-refractivity contribution >= 4 is 28.6 Å². The molecule has 6 heteroatoms. The van der Waals surface area contributed by atoms with E-state index < -0.39 is 0 Å². The summed E-state index contributed by atoms with van der Waals surface area (Å²) in [6.07, 6.45) is 0.340. The largest absolute Gasteiger partial charge is 0.494 e. The quantitative estimate of drug-likeness (QED) is 0.369. The number of rotatable bonds is 4. The molecule has 33 heavy (non-hydrogen) atoms. The number of carbonyl (C=O) groups is 1. The number of benzene rings is 3. The van der Waals surface area contributed by atoms with E-state index >= 15 is 0 Å². The Hall–Kier alpha value is -3.44. The van der Waals surface area contributed by atoms with Crippen molar-refractivity contribution in [2.75, 3.05) is 13.2 Å². The molecule has 1 N–H and O–H groups in total. The predicted octanol–water partition coefficient (Wildman–Crippen LogP) is 6.67. The minimum Gasteiger partial charge on any atom is -0.494 e. The summed E-state index contributed by atoms with van der Waals surface area (Å²) in [5.41, 5.74) is 5.28. The average molecular weight is 461 g/mol.